The van der Waals surface area contributed by atoms with E-state index in [0.29, 0.717) is 33.8 Å². The predicted octanol–water partition coefficient (Wildman–Crippen LogP) is 4.22. The van der Waals surface area contributed by atoms with Crippen molar-refractivity contribution >= 4 is 40.5 Å². The monoisotopic (exact) mass is 369 g/mol. The summed E-state index contributed by atoms with van der Waals surface area (Å²) in [6.45, 7) is 1.52. The van der Waals surface area contributed by atoms with Gasteiger partial charge in [0.25, 0.3) is 0 Å². The molecule has 1 heterocycles. The number of halogens is 1. The Bertz CT molecular complexity index is 948. The van der Waals surface area contributed by atoms with Crippen LogP contribution in [0.15, 0.2) is 48.7 Å². The van der Waals surface area contributed by atoms with Crippen LogP contribution >= 0.6 is 11.6 Å². The van der Waals surface area contributed by atoms with Gasteiger partial charge in [0.1, 0.15) is 5.75 Å². The van der Waals surface area contributed by atoms with Crippen LogP contribution in [0, 0.1) is 0 Å². The lowest BCUT2D eigenvalue weighted by molar-refractivity contribution is 0.101. The number of rotatable bonds is 6. The van der Waals surface area contributed by atoms with Crippen molar-refractivity contribution in [2.45, 2.75) is 6.92 Å². The van der Waals surface area contributed by atoms with Crippen molar-refractivity contribution in [1.82, 2.24) is 15.2 Å². The van der Waals surface area contributed by atoms with Crippen LogP contribution in [0.2, 0.25) is 5.02 Å². The number of benzene rings is 2. The molecule has 0 atom stereocenters. The van der Waals surface area contributed by atoms with Crippen molar-refractivity contribution in [1.29, 1.82) is 0 Å². The van der Waals surface area contributed by atoms with Gasteiger partial charge in [-0.2, -0.15) is 10.1 Å². The summed E-state index contributed by atoms with van der Waals surface area (Å²) in [6, 6.07) is 12.4. The zero-order valence-electron chi connectivity index (χ0n) is 14.2. The Kier molecular flexibility index (Phi) is 5.28. The quantitative estimate of drug-likeness (QED) is 0.628. The molecule has 0 fully saturated rings. The lowest BCUT2D eigenvalue weighted by atomic mass is 10.1. The molecule has 7 nitrogen and oxygen atoms in total. The smallest absolute Gasteiger partial charge is 0.249 e. The standard InChI is InChI=1S/C18H16ClN5O2/c1-11(25)12-4-3-5-13(8-12)22-18-23-17(10-20-24-18)21-14-6-7-16(26-2)15(19)9-14/h3-10H,1-2H3,(H2,21,22,23,24). The first-order valence-electron chi connectivity index (χ1n) is 7.73. The van der Waals surface area contributed by atoms with Gasteiger partial charge in [-0.05, 0) is 37.3 Å². The Morgan fingerprint density at radius 2 is 1.92 bits per heavy atom. The minimum atomic E-state index is -0.0144. The summed E-state index contributed by atoms with van der Waals surface area (Å²) in [7, 11) is 1.56. The molecule has 3 rings (SSSR count). The molecule has 3 aromatic rings. The van der Waals surface area contributed by atoms with Crippen LogP contribution in [0.4, 0.5) is 23.1 Å². The van der Waals surface area contributed by atoms with Gasteiger partial charge in [-0.3, -0.25) is 4.79 Å². The highest BCUT2D eigenvalue weighted by Gasteiger charge is 2.06. The van der Waals surface area contributed by atoms with E-state index in [4.69, 9.17) is 16.3 Å². The van der Waals surface area contributed by atoms with Crippen LogP contribution in [-0.2, 0) is 0 Å². The molecular weight excluding hydrogens is 354 g/mol. The van der Waals surface area contributed by atoms with Gasteiger partial charge in [0.15, 0.2) is 11.6 Å². The maximum absolute atomic E-state index is 11.5. The number of hydrogen-bond donors (Lipinski definition) is 2. The Labute approximate surface area is 155 Å². The lowest BCUT2D eigenvalue weighted by Gasteiger charge is -2.09. The molecule has 0 aliphatic rings. The van der Waals surface area contributed by atoms with Crippen LogP contribution in [0.25, 0.3) is 0 Å². The third-order valence-corrected chi connectivity index (χ3v) is 3.80. The Morgan fingerprint density at radius 1 is 1.12 bits per heavy atom. The van der Waals surface area contributed by atoms with Crippen LogP contribution in [0.5, 0.6) is 5.75 Å². The van der Waals surface area contributed by atoms with Gasteiger partial charge in [-0.15, -0.1) is 5.10 Å². The third kappa shape index (κ3) is 4.25. The summed E-state index contributed by atoms with van der Waals surface area (Å²) in [4.78, 5) is 15.8. The van der Waals surface area contributed by atoms with Crippen LogP contribution in [0.1, 0.15) is 17.3 Å². The molecule has 0 saturated carbocycles. The molecule has 2 aromatic carbocycles. The van der Waals surface area contributed by atoms with Crippen LogP contribution in [-0.4, -0.2) is 28.1 Å². The fraction of sp³-hybridized carbons (Fsp3) is 0.111. The Morgan fingerprint density at radius 3 is 2.65 bits per heavy atom. The SMILES string of the molecule is COc1ccc(Nc2cnnc(Nc3cccc(C(C)=O)c3)n2)cc1Cl. The number of nitrogens with zero attached hydrogens (tertiary/aromatic N) is 3. The molecular formula is C18H16ClN5O2. The summed E-state index contributed by atoms with van der Waals surface area (Å²) in [6.07, 6.45) is 1.50. The molecule has 0 saturated heterocycles. The number of ether oxygens (including phenoxy) is 1. The number of hydrogen-bond acceptors (Lipinski definition) is 7. The van der Waals surface area contributed by atoms with Crippen molar-refractivity contribution in [2.24, 2.45) is 0 Å². The lowest BCUT2D eigenvalue weighted by Crippen LogP contribution is -2.03. The molecule has 0 unspecified atom stereocenters. The molecule has 0 amide bonds. The molecule has 2 N–H and O–H groups in total. The second kappa shape index (κ2) is 7.79. The van der Waals surface area contributed by atoms with Gasteiger partial charge in [0, 0.05) is 16.9 Å². The average molecular weight is 370 g/mol. The Hall–Kier alpha value is -3.19. The first-order valence-corrected chi connectivity index (χ1v) is 8.11. The van der Waals surface area contributed by atoms with E-state index in [9.17, 15) is 4.79 Å². The summed E-state index contributed by atoms with van der Waals surface area (Å²) in [5, 5.41) is 14.5. The average Bonchev–Trinajstić information content (AvgIpc) is 2.62. The van der Waals surface area contributed by atoms with Crippen molar-refractivity contribution in [3.63, 3.8) is 0 Å². The number of ketones is 1. The number of nitrogens with one attached hydrogen (secondary N) is 2. The zero-order valence-corrected chi connectivity index (χ0v) is 14.9. The van der Waals surface area contributed by atoms with Gasteiger partial charge in [-0.1, -0.05) is 23.7 Å². The number of carbonyl (C=O) groups excluding carboxylic acids is 1. The number of Topliss-reactive ketones (excluding diaryl/α,β-unsaturated/α-hetero) is 1. The van der Waals surface area contributed by atoms with E-state index < -0.39 is 0 Å². The number of anilines is 4. The topological polar surface area (TPSA) is 89.0 Å². The van der Waals surface area contributed by atoms with Gasteiger partial charge in [0.05, 0.1) is 18.3 Å². The predicted molar refractivity (Wildman–Crippen MR) is 101 cm³/mol. The molecule has 0 bridgehead atoms. The Balaban J connectivity index is 1.77. The van der Waals surface area contributed by atoms with Gasteiger partial charge in [-0.25, -0.2) is 0 Å². The van der Waals surface area contributed by atoms with E-state index in [1.165, 1.54) is 13.1 Å². The highest BCUT2D eigenvalue weighted by molar-refractivity contribution is 6.32. The fourth-order valence-electron chi connectivity index (χ4n) is 2.25. The number of methoxy groups -OCH3 is 1. The molecule has 1 aromatic heterocycles. The van der Waals surface area contributed by atoms with E-state index in [1.807, 2.05) is 12.1 Å². The maximum Gasteiger partial charge on any atom is 0.249 e. The molecule has 8 heteroatoms. The van der Waals surface area contributed by atoms with Gasteiger partial charge in [0.2, 0.25) is 5.95 Å². The molecule has 0 aliphatic heterocycles. The third-order valence-electron chi connectivity index (χ3n) is 3.51. The van der Waals surface area contributed by atoms with E-state index in [2.05, 4.69) is 25.8 Å². The largest absolute Gasteiger partial charge is 0.495 e. The molecule has 0 radical (unpaired) electrons. The number of carbonyl (C=O) groups is 1. The van der Waals surface area contributed by atoms with Crippen molar-refractivity contribution < 1.29 is 9.53 Å². The molecule has 26 heavy (non-hydrogen) atoms. The van der Waals surface area contributed by atoms with Gasteiger partial charge >= 0.3 is 0 Å². The minimum absolute atomic E-state index is 0.0144. The first-order chi connectivity index (χ1) is 12.5. The second-order valence-corrected chi connectivity index (χ2v) is 5.81. The number of aromatic nitrogens is 3. The summed E-state index contributed by atoms with van der Waals surface area (Å²) >= 11 is 6.12. The fourth-order valence-corrected chi connectivity index (χ4v) is 2.51. The molecule has 132 valence electrons. The van der Waals surface area contributed by atoms with Crippen LogP contribution in [0.3, 0.4) is 0 Å². The van der Waals surface area contributed by atoms with E-state index in [1.54, 1.807) is 37.4 Å². The van der Waals surface area contributed by atoms with E-state index >= 15 is 0 Å². The summed E-state index contributed by atoms with van der Waals surface area (Å²) < 4.78 is 5.13. The molecule has 0 aliphatic carbocycles. The van der Waals surface area contributed by atoms with E-state index in [-0.39, 0.29) is 5.78 Å². The molecule has 0 spiro atoms. The van der Waals surface area contributed by atoms with Gasteiger partial charge < -0.3 is 15.4 Å². The summed E-state index contributed by atoms with van der Waals surface area (Å²) in [5.41, 5.74) is 2.04. The van der Waals surface area contributed by atoms with Crippen molar-refractivity contribution in [2.75, 3.05) is 17.7 Å². The van der Waals surface area contributed by atoms with Crippen molar-refractivity contribution in [3.8, 4) is 5.75 Å². The highest BCUT2D eigenvalue weighted by atomic mass is 35.5. The zero-order chi connectivity index (χ0) is 18.5. The van der Waals surface area contributed by atoms with Crippen molar-refractivity contribution in [3.05, 3.63) is 59.2 Å². The maximum atomic E-state index is 11.5. The summed E-state index contributed by atoms with van der Waals surface area (Å²) in [5.74, 6) is 1.37. The second-order valence-electron chi connectivity index (χ2n) is 5.40. The highest BCUT2D eigenvalue weighted by Crippen LogP contribution is 2.28. The normalized spacial score (nSPS) is 10.3. The van der Waals surface area contributed by atoms with Crippen LogP contribution < -0.4 is 15.4 Å². The first kappa shape index (κ1) is 17.6. The minimum Gasteiger partial charge on any atom is -0.495 e. The van der Waals surface area contributed by atoms with E-state index in [0.717, 1.165) is 5.69 Å².